The lowest BCUT2D eigenvalue weighted by atomic mass is 10.0. The van der Waals surface area contributed by atoms with E-state index in [2.05, 4.69) is 18.0 Å². The van der Waals surface area contributed by atoms with Crippen LogP contribution in [0.4, 0.5) is 0 Å². The normalized spacial score (nSPS) is 17.8. The molecule has 5 heteroatoms. The molecule has 0 radical (unpaired) electrons. The average Bonchev–Trinajstić information content (AvgIpc) is 2.76. The minimum Gasteiger partial charge on any atom is -0.484 e. The van der Waals surface area contributed by atoms with E-state index in [0.717, 1.165) is 52.1 Å². The number of fused-ring (bicyclic) bond motifs is 1. The maximum absolute atomic E-state index is 6.22. The van der Waals surface area contributed by atoms with Gasteiger partial charge >= 0.3 is 0 Å². The predicted molar refractivity (Wildman–Crippen MR) is 91.3 cm³/mol. The van der Waals surface area contributed by atoms with Crippen LogP contribution >= 0.6 is 24.0 Å². The molecule has 0 saturated carbocycles. The SMILES string of the molecule is Cc1cc2c(o1)CN(C)CC2Oc1cc(C)c(Cl)c(C)c1.Cl. The van der Waals surface area contributed by atoms with Gasteiger partial charge in [0.1, 0.15) is 23.4 Å². The van der Waals surface area contributed by atoms with Gasteiger partial charge in [0.25, 0.3) is 0 Å². The zero-order valence-electron chi connectivity index (χ0n) is 13.3. The van der Waals surface area contributed by atoms with Crippen molar-refractivity contribution < 1.29 is 9.15 Å². The lowest BCUT2D eigenvalue weighted by Crippen LogP contribution is -2.32. The van der Waals surface area contributed by atoms with Crippen molar-refractivity contribution >= 4 is 24.0 Å². The lowest BCUT2D eigenvalue weighted by Gasteiger charge is -2.29. The van der Waals surface area contributed by atoms with E-state index in [4.69, 9.17) is 20.8 Å². The van der Waals surface area contributed by atoms with Gasteiger partial charge in [-0.3, -0.25) is 4.90 Å². The summed E-state index contributed by atoms with van der Waals surface area (Å²) in [4.78, 5) is 2.21. The van der Waals surface area contributed by atoms with Crippen LogP contribution in [0.25, 0.3) is 0 Å². The molecule has 1 aliphatic rings. The van der Waals surface area contributed by atoms with E-state index >= 15 is 0 Å². The topological polar surface area (TPSA) is 25.6 Å². The maximum Gasteiger partial charge on any atom is 0.140 e. The highest BCUT2D eigenvalue weighted by molar-refractivity contribution is 6.32. The molecule has 1 aromatic heterocycles. The Balaban J connectivity index is 0.00000176. The van der Waals surface area contributed by atoms with Gasteiger partial charge in [0, 0.05) is 17.1 Å². The van der Waals surface area contributed by atoms with Crippen LogP contribution < -0.4 is 4.74 Å². The Kier molecular flexibility index (Phi) is 5.10. The van der Waals surface area contributed by atoms with Gasteiger partial charge in [0.15, 0.2) is 0 Å². The van der Waals surface area contributed by atoms with Gasteiger partial charge in [-0.1, -0.05) is 11.6 Å². The number of halogens is 2. The van der Waals surface area contributed by atoms with Gasteiger partial charge in [0.2, 0.25) is 0 Å². The summed E-state index contributed by atoms with van der Waals surface area (Å²) in [6.45, 7) is 7.67. The van der Waals surface area contributed by atoms with E-state index in [-0.39, 0.29) is 18.5 Å². The van der Waals surface area contributed by atoms with Crippen LogP contribution in [-0.4, -0.2) is 18.5 Å². The molecule has 22 heavy (non-hydrogen) atoms. The molecule has 0 spiro atoms. The van der Waals surface area contributed by atoms with Gasteiger partial charge in [-0.2, -0.15) is 0 Å². The van der Waals surface area contributed by atoms with Crippen LogP contribution in [0.3, 0.4) is 0 Å². The van der Waals surface area contributed by atoms with E-state index in [9.17, 15) is 0 Å². The summed E-state index contributed by atoms with van der Waals surface area (Å²) in [5.41, 5.74) is 3.25. The minimum absolute atomic E-state index is 0. The van der Waals surface area contributed by atoms with E-state index < -0.39 is 0 Å². The fraction of sp³-hybridized carbons (Fsp3) is 0.412. The fourth-order valence-electron chi connectivity index (χ4n) is 2.91. The molecule has 2 heterocycles. The van der Waals surface area contributed by atoms with Gasteiger partial charge in [-0.25, -0.2) is 0 Å². The number of hydrogen-bond acceptors (Lipinski definition) is 3. The Morgan fingerprint density at radius 1 is 1.18 bits per heavy atom. The third-order valence-electron chi connectivity index (χ3n) is 3.89. The molecule has 1 aliphatic heterocycles. The van der Waals surface area contributed by atoms with Crippen molar-refractivity contribution in [1.82, 2.24) is 4.90 Å². The van der Waals surface area contributed by atoms with Crippen molar-refractivity contribution in [3.8, 4) is 5.75 Å². The number of likely N-dealkylation sites (N-methyl/N-ethyl adjacent to an activating group) is 1. The van der Waals surface area contributed by atoms with Crippen LogP contribution in [0, 0.1) is 20.8 Å². The first kappa shape index (κ1) is 17.2. The summed E-state index contributed by atoms with van der Waals surface area (Å²) in [6, 6.07) is 6.08. The third kappa shape index (κ3) is 3.27. The summed E-state index contributed by atoms with van der Waals surface area (Å²) in [7, 11) is 2.08. The summed E-state index contributed by atoms with van der Waals surface area (Å²) in [6.07, 6.45) is -0.00354. The fourth-order valence-corrected chi connectivity index (χ4v) is 3.02. The second-order valence-corrected chi connectivity index (χ2v) is 6.29. The Morgan fingerprint density at radius 3 is 2.45 bits per heavy atom. The van der Waals surface area contributed by atoms with Gasteiger partial charge in [0.05, 0.1) is 6.54 Å². The molecule has 1 unspecified atom stereocenters. The molecular weight excluding hydrogens is 321 g/mol. The molecule has 0 saturated heterocycles. The zero-order chi connectivity index (χ0) is 15.1. The molecule has 2 aromatic rings. The monoisotopic (exact) mass is 341 g/mol. The first-order valence-corrected chi connectivity index (χ1v) is 7.53. The Labute approximate surface area is 142 Å². The zero-order valence-corrected chi connectivity index (χ0v) is 14.8. The summed E-state index contributed by atoms with van der Waals surface area (Å²) < 4.78 is 12.0. The minimum atomic E-state index is -0.00354. The molecule has 0 N–H and O–H groups in total. The van der Waals surface area contributed by atoms with Crippen molar-refractivity contribution in [3.05, 3.63) is 51.4 Å². The number of hydrogen-bond donors (Lipinski definition) is 0. The largest absolute Gasteiger partial charge is 0.484 e. The molecule has 0 amide bonds. The standard InChI is InChI=1S/C17H20ClNO2.ClH/c1-10-5-13(6-11(2)17(10)18)21-16-9-19(4)8-15-14(16)7-12(3)20-15;/h5-7,16H,8-9H2,1-4H3;1H. The summed E-state index contributed by atoms with van der Waals surface area (Å²) >= 11 is 6.22. The van der Waals surface area contributed by atoms with Crippen LogP contribution in [0.5, 0.6) is 5.75 Å². The predicted octanol–water partition coefficient (Wildman–Crippen LogP) is 4.85. The van der Waals surface area contributed by atoms with E-state index in [1.807, 2.05) is 32.9 Å². The quantitative estimate of drug-likeness (QED) is 0.781. The number of rotatable bonds is 2. The second-order valence-electron chi connectivity index (χ2n) is 5.91. The highest BCUT2D eigenvalue weighted by atomic mass is 35.5. The van der Waals surface area contributed by atoms with Crippen molar-refractivity contribution in [2.75, 3.05) is 13.6 Å². The Bertz CT molecular complexity index is 658. The average molecular weight is 342 g/mol. The second kappa shape index (κ2) is 6.53. The molecule has 120 valence electrons. The maximum atomic E-state index is 6.22. The van der Waals surface area contributed by atoms with E-state index in [0.29, 0.717) is 0 Å². The molecule has 3 nitrogen and oxygen atoms in total. The molecule has 0 bridgehead atoms. The van der Waals surface area contributed by atoms with Crippen LogP contribution in [0.1, 0.15) is 34.3 Å². The number of nitrogens with zero attached hydrogens (tertiary/aromatic N) is 1. The first-order chi connectivity index (χ1) is 9.94. The molecule has 0 fully saturated rings. The highest BCUT2D eigenvalue weighted by Gasteiger charge is 2.28. The van der Waals surface area contributed by atoms with Crippen LogP contribution in [0.15, 0.2) is 22.6 Å². The molecule has 1 atom stereocenters. The van der Waals surface area contributed by atoms with Crippen LogP contribution in [-0.2, 0) is 6.54 Å². The Morgan fingerprint density at radius 2 is 1.82 bits per heavy atom. The van der Waals surface area contributed by atoms with Crippen LogP contribution in [0.2, 0.25) is 5.02 Å². The van der Waals surface area contributed by atoms with Crippen molar-refractivity contribution in [1.29, 1.82) is 0 Å². The summed E-state index contributed by atoms with van der Waals surface area (Å²) in [5.74, 6) is 2.81. The van der Waals surface area contributed by atoms with Gasteiger partial charge in [-0.05, 0) is 57.1 Å². The molecule has 3 rings (SSSR count). The van der Waals surface area contributed by atoms with Crippen molar-refractivity contribution in [2.24, 2.45) is 0 Å². The van der Waals surface area contributed by atoms with Crippen molar-refractivity contribution in [3.63, 3.8) is 0 Å². The molecule has 1 aromatic carbocycles. The number of furan rings is 1. The highest BCUT2D eigenvalue weighted by Crippen LogP contribution is 2.34. The van der Waals surface area contributed by atoms with E-state index in [1.165, 1.54) is 0 Å². The van der Waals surface area contributed by atoms with Gasteiger partial charge in [-0.15, -0.1) is 12.4 Å². The smallest absolute Gasteiger partial charge is 0.140 e. The van der Waals surface area contributed by atoms with E-state index in [1.54, 1.807) is 0 Å². The Hall–Kier alpha value is -1.16. The number of ether oxygens (including phenoxy) is 1. The number of aryl methyl sites for hydroxylation is 3. The molecular formula is C17H21Cl2NO2. The number of benzene rings is 1. The first-order valence-electron chi connectivity index (χ1n) is 7.15. The summed E-state index contributed by atoms with van der Waals surface area (Å²) in [5, 5.41) is 0.808. The third-order valence-corrected chi connectivity index (χ3v) is 4.49. The molecule has 0 aliphatic carbocycles. The van der Waals surface area contributed by atoms with Gasteiger partial charge < -0.3 is 9.15 Å². The lowest BCUT2D eigenvalue weighted by molar-refractivity contribution is 0.119. The van der Waals surface area contributed by atoms with Crippen molar-refractivity contribution in [2.45, 2.75) is 33.4 Å².